The van der Waals surface area contributed by atoms with Crippen LogP contribution in [0.1, 0.15) is 5.56 Å². The zero-order valence-corrected chi connectivity index (χ0v) is 10.2. The van der Waals surface area contributed by atoms with E-state index in [1.165, 1.54) is 0 Å². The van der Waals surface area contributed by atoms with Gasteiger partial charge in [0.1, 0.15) is 0 Å². The predicted molar refractivity (Wildman–Crippen MR) is 64.7 cm³/mol. The number of carbonyl (C=O) groups is 1. The number of piperazine rings is 1. The Bertz CT molecular complexity index is 409. The largest absolute Gasteiger partial charge is 0.336 e. The van der Waals surface area contributed by atoms with E-state index >= 15 is 0 Å². The molecule has 1 aromatic rings. The van der Waals surface area contributed by atoms with E-state index in [4.69, 9.17) is 23.2 Å². The smallest absolute Gasteiger partial charge is 0.236 e. The molecule has 3 nitrogen and oxygen atoms in total. The third-order valence-corrected chi connectivity index (χ3v) is 3.15. The molecule has 0 spiro atoms. The van der Waals surface area contributed by atoms with Gasteiger partial charge in [-0.15, -0.1) is 0 Å². The lowest BCUT2D eigenvalue weighted by atomic mass is 10.2. The number of halogens is 2. The molecule has 0 radical (unpaired) electrons. The summed E-state index contributed by atoms with van der Waals surface area (Å²) in [6.45, 7) is 2.51. The third kappa shape index (κ3) is 2.67. The summed E-state index contributed by atoms with van der Waals surface area (Å²) in [4.78, 5) is 13.4. The summed E-state index contributed by atoms with van der Waals surface area (Å²) >= 11 is 11.9. The van der Waals surface area contributed by atoms with E-state index in [9.17, 15) is 4.79 Å². The fourth-order valence-corrected chi connectivity index (χ4v) is 2.14. The van der Waals surface area contributed by atoms with Crippen LogP contribution in [0.15, 0.2) is 18.2 Å². The molecule has 0 bridgehead atoms. The first-order valence-corrected chi connectivity index (χ1v) is 5.85. The molecule has 0 saturated carbocycles. The summed E-state index contributed by atoms with van der Waals surface area (Å²) in [5.41, 5.74) is 0.932. The number of nitrogens with zero attached hydrogens (tertiary/aromatic N) is 1. The minimum absolute atomic E-state index is 0.109. The Morgan fingerprint density at radius 1 is 1.38 bits per heavy atom. The Hall–Kier alpha value is -0.770. The van der Waals surface area contributed by atoms with Crippen molar-refractivity contribution >= 4 is 29.1 Å². The molecular formula is C11H12Cl2N2O. The molecule has 0 aromatic heterocycles. The standard InChI is InChI=1S/C11H12Cl2N2O/c12-9-2-1-8(10(13)5-9)7-15-4-3-14-6-11(15)16/h1-2,5,14H,3-4,6-7H2. The fraction of sp³-hybridized carbons (Fsp3) is 0.364. The van der Waals surface area contributed by atoms with Gasteiger partial charge in [0, 0.05) is 29.7 Å². The molecule has 1 aliphatic heterocycles. The van der Waals surface area contributed by atoms with Gasteiger partial charge in [0.15, 0.2) is 0 Å². The van der Waals surface area contributed by atoms with Crippen LogP contribution in [-0.2, 0) is 11.3 Å². The predicted octanol–water partition coefficient (Wildman–Crippen LogP) is 1.93. The second-order valence-electron chi connectivity index (χ2n) is 3.73. The Kier molecular flexibility index (Phi) is 3.69. The molecule has 0 aliphatic carbocycles. The van der Waals surface area contributed by atoms with Crippen molar-refractivity contribution in [1.82, 2.24) is 10.2 Å². The molecule has 1 N–H and O–H groups in total. The first-order chi connectivity index (χ1) is 7.66. The topological polar surface area (TPSA) is 32.3 Å². The van der Waals surface area contributed by atoms with Crippen molar-refractivity contribution < 1.29 is 4.79 Å². The maximum absolute atomic E-state index is 11.6. The van der Waals surface area contributed by atoms with Gasteiger partial charge in [0.2, 0.25) is 5.91 Å². The SMILES string of the molecule is O=C1CNCCN1Cc1ccc(Cl)cc1Cl. The molecule has 86 valence electrons. The van der Waals surface area contributed by atoms with Gasteiger partial charge >= 0.3 is 0 Å². The second-order valence-corrected chi connectivity index (χ2v) is 4.57. The minimum atomic E-state index is 0.109. The van der Waals surface area contributed by atoms with E-state index in [1.807, 2.05) is 6.07 Å². The summed E-state index contributed by atoms with van der Waals surface area (Å²) < 4.78 is 0. The normalized spacial score (nSPS) is 16.6. The first kappa shape index (κ1) is 11.7. The lowest BCUT2D eigenvalue weighted by Gasteiger charge is -2.27. The summed E-state index contributed by atoms with van der Waals surface area (Å²) in [5.74, 6) is 0.109. The monoisotopic (exact) mass is 258 g/mol. The highest BCUT2D eigenvalue weighted by atomic mass is 35.5. The van der Waals surface area contributed by atoms with Crippen LogP contribution >= 0.6 is 23.2 Å². The zero-order valence-electron chi connectivity index (χ0n) is 8.67. The van der Waals surface area contributed by atoms with Gasteiger partial charge in [-0.05, 0) is 17.7 Å². The Labute approximate surface area is 104 Å². The van der Waals surface area contributed by atoms with Crippen molar-refractivity contribution in [2.45, 2.75) is 6.54 Å². The van der Waals surface area contributed by atoms with Crippen LogP contribution in [0.3, 0.4) is 0 Å². The second kappa shape index (κ2) is 5.04. The molecule has 1 aliphatic rings. The van der Waals surface area contributed by atoms with Crippen molar-refractivity contribution in [2.75, 3.05) is 19.6 Å². The van der Waals surface area contributed by atoms with Gasteiger partial charge in [-0.2, -0.15) is 0 Å². The number of benzene rings is 1. The molecule has 2 rings (SSSR count). The highest BCUT2D eigenvalue weighted by Gasteiger charge is 2.18. The summed E-state index contributed by atoms with van der Waals surface area (Å²) in [5, 5.41) is 4.25. The van der Waals surface area contributed by atoms with Crippen molar-refractivity contribution in [3.8, 4) is 0 Å². The highest BCUT2D eigenvalue weighted by Crippen LogP contribution is 2.22. The zero-order chi connectivity index (χ0) is 11.5. The maximum Gasteiger partial charge on any atom is 0.236 e. The number of nitrogens with one attached hydrogen (secondary N) is 1. The summed E-state index contributed by atoms with van der Waals surface area (Å²) in [6, 6.07) is 5.35. The van der Waals surface area contributed by atoms with Crippen LogP contribution in [0.5, 0.6) is 0 Å². The van der Waals surface area contributed by atoms with Crippen molar-refractivity contribution in [1.29, 1.82) is 0 Å². The third-order valence-electron chi connectivity index (χ3n) is 2.56. The van der Waals surface area contributed by atoms with Crippen LogP contribution in [-0.4, -0.2) is 30.4 Å². The van der Waals surface area contributed by atoms with E-state index in [0.29, 0.717) is 23.1 Å². The number of carbonyl (C=O) groups excluding carboxylic acids is 1. The first-order valence-electron chi connectivity index (χ1n) is 5.09. The average Bonchev–Trinajstić information content (AvgIpc) is 2.25. The molecule has 16 heavy (non-hydrogen) atoms. The molecule has 1 saturated heterocycles. The van der Waals surface area contributed by atoms with E-state index < -0.39 is 0 Å². The molecule has 1 fully saturated rings. The number of hydrogen-bond donors (Lipinski definition) is 1. The van der Waals surface area contributed by atoms with Crippen LogP contribution in [0.2, 0.25) is 10.0 Å². The number of hydrogen-bond acceptors (Lipinski definition) is 2. The molecule has 0 atom stereocenters. The molecule has 5 heteroatoms. The Morgan fingerprint density at radius 2 is 2.19 bits per heavy atom. The summed E-state index contributed by atoms with van der Waals surface area (Å²) in [7, 11) is 0. The minimum Gasteiger partial charge on any atom is -0.336 e. The van der Waals surface area contributed by atoms with Crippen LogP contribution in [0, 0.1) is 0 Å². The van der Waals surface area contributed by atoms with Gasteiger partial charge in [-0.3, -0.25) is 4.79 Å². The average molecular weight is 259 g/mol. The highest BCUT2D eigenvalue weighted by molar-refractivity contribution is 6.35. The van der Waals surface area contributed by atoms with Crippen molar-refractivity contribution in [2.24, 2.45) is 0 Å². The van der Waals surface area contributed by atoms with E-state index in [1.54, 1.807) is 17.0 Å². The Balaban J connectivity index is 2.10. The molecular weight excluding hydrogens is 247 g/mol. The number of amides is 1. The van der Waals surface area contributed by atoms with Gasteiger partial charge < -0.3 is 10.2 Å². The lowest BCUT2D eigenvalue weighted by Crippen LogP contribution is -2.47. The van der Waals surface area contributed by atoms with Gasteiger partial charge in [0.05, 0.1) is 6.54 Å². The van der Waals surface area contributed by atoms with Gasteiger partial charge in [0.25, 0.3) is 0 Å². The molecule has 1 heterocycles. The van der Waals surface area contributed by atoms with Crippen LogP contribution in [0.4, 0.5) is 0 Å². The summed E-state index contributed by atoms with van der Waals surface area (Å²) in [6.07, 6.45) is 0. The maximum atomic E-state index is 11.6. The van der Waals surface area contributed by atoms with E-state index in [0.717, 1.165) is 18.7 Å². The fourth-order valence-electron chi connectivity index (χ4n) is 1.67. The lowest BCUT2D eigenvalue weighted by molar-refractivity contribution is -0.132. The number of rotatable bonds is 2. The van der Waals surface area contributed by atoms with Gasteiger partial charge in [-0.25, -0.2) is 0 Å². The van der Waals surface area contributed by atoms with Crippen LogP contribution in [0.25, 0.3) is 0 Å². The van der Waals surface area contributed by atoms with E-state index in [2.05, 4.69) is 5.32 Å². The molecule has 0 unspecified atom stereocenters. The molecule has 1 amide bonds. The van der Waals surface area contributed by atoms with Crippen LogP contribution < -0.4 is 5.32 Å². The van der Waals surface area contributed by atoms with Gasteiger partial charge in [-0.1, -0.05) is 29.3 Å². The van der Waals surface area contributed by atoms with E-state index in [-0.39, 0.29) is 5.91 Å². The van der Waals surface area contributed by atoms with Crippen molar-refractivity contribution in [3.63, 3.8) is 0 Å². The quantitative estimate of drug-likeness (QED) is 0.880. The van der Waals surface area contributed by atoms with Crippen molar-refractivity contribution in [3.05, 3.63) is 33.8 Å². The molecule has 1 aromatic carbocycles. The Morgan fingerprint density at radius 3 is 2.88 bits per heavy atom.